The molecule has 0 atom stereocenters. The molecule has 0 saturated heterocycles. The van der Waals surface area contributed by atoms with Crippen LogP contribution in [0.15, 0.2) is 12.1 Å². The average molecular weight is 239 g/mol. The number of methoxy groups -OCH3 is 1. The van der Waals surface area contributed by atoms with Crippen molar-refractivity contribution in [3.8, 4) is 0 Å². The second-order valence-corrected chi connectivity index (χ2v) is 3.45. The van der Waals surface area contributed by atoms with Crippen molar-refractivity contribution in [1.29, 1.82) is 0 Å². The smallest absolute Gasteiger partial charge is 0.339 e. The number of ether oxygens (including phenoxy) is 1. The summed E-state index contributed by atoms with van der Waals surface area (Å²) < 4.78 is 4.57. The third-order valence-corrected chi connectivity index (χ3v) is 2.62. The SMILES string of the molecule is COC(=O)c1ccc2c(C=O)n[nH]c2c1Cl. The van der Waals surface area contributed by atoms with Crippen LogP contribution in [0.3, 0.4) is 0 Å². The molecule has 0 aliphatic rings. The van der Waals surface area contributed by atoms with Gasteiger partial charge in [-0.3, -0.25) is 9.89 Å². The molecule has 2 aromatic rings. The molecule has 6 heteroatoms. The third-order valence-electron chi connectivity index (χ3n) is 2.22. The Kier molecular flexibility index (Phi) is 2.62. The summed E-state index contributed by atoms with van der Waals surface area (Å²) in [5.74, 6) is -0.533. The fraction of sp³-hybridized carbons (Fsp3) is 0.100. The van der Waals surface area contributed by atoms with E-state index in [4.69, 9.17) is 11.6 Å². The maximum atomic E-state index is 11.3. The zero-order valence-electron chi connectivity index (χ0n) is 8.28. The molecule has 16 heavy (non-hydrogen) atoms. The van der Waals surface area contributed by atoms with Crippen LogP contribution in [0.5, 0.6) is 0 Å². The Morgan fingerprint density at radius 3 is 2.94 bits per heavy atom. The van der Waals surface area contributed by atoms with E-state index in [1.54, 1.807) is 6.07 Å². The van der Waals surface area contributed by atoms with Crippen LogP contribution in [-0.2, 0) is 4.74 Å². The predicted molar refractivity (Wildman–Crippen MR) is 57.8 cm³/mol. The summed E-state index contributed by atoms with van der Waals surface area (Å²) >= 11 is 6.00. The molecule has 0 aliphatic heterocycles. The van der Waals surface area contributed by atoms with Crippen LogP contribution < -0.4 is 0 Å². The Bertz CT molecular complexity index is 577. The van der Waals surface area contributed by atoms with Crippen LogP contribution in [0.2, 0.25) is 5.02 Å². The molecule has 1 aromatic heterocycles. The summed E-state index contributed by atoms with van der Waals surface area (Å²) in [7, 11) is 1.27. The lowest BCUT2D eigenvalue weighted by Gasteiger charge is -2.02. The number of fused-ring (bicyclic) bond motifs is 1. The molecular weight excluding hydrogens is 232 g/mol. The molecule has 0 radical (unpaired) electrons. The summed E-state index contributed by atoms with van der Waals surface area (Å²) in [5, 5.41) is 7.15. The second-order valence-electron chi connectivity index (χ2n) is 3.07. The average Bonchev–Trinajstić information content (AvgIpc) is 2.72. The first kappa shape index (κ1) is 10.6. The van der Waals surface area contributed by atoms with Gasteiger partial charge in [-0.15, -0.1) is 0 Å². The van der Waals surface area contributed by atoms with Gasteiger partial charge in [0.15, 0.2) is 6.29 Å². The highest BCUT2D eigenvalue weighted by molar-refractivity contribution is 6.38. The number of benzene rings is 1. The molecule has 0 aliphatic carbocycles. The predicted octanol–water partition coefficient (Wildman–Crippen LogP) is 1.82. The summed E-state index contributed by atoms with van der Waals surface area (Å²) in [4.78, 5) is 22.0. The number of aromatic amines is 1. The van der Waals surface area contributed by atoms with E-state index in [1.165, 1.54) is 13.2 Å². The Morgan fingerprint density at radius 2 is 2.31 bits per heavy atom. The van der Waals surface area contributed by atoms with Crippen LogP contribution in [0, 0.1) is 0 Å². The number of halogens is 1. The number of nitrogens with one attached hydrogen (secondary N) is 1. The lowest BCUT2D eigenvalue weighted by Crippen LogP contribution is -2.02. The number of hydrogen-bond acceptors (Lipinski definition) is 4. The minimum absolute atomic E-state index is 0.199. The fourth-order valence-electron chi connectivity index (χ4n) is 1.43. The number of aromatic nitrogens is 2. The van der Waals surface area contributed by atoms with Gasteiger partial charge in [0.2, 0.25) is 0 Å². The number of hydrogen-bond donors (Lipinski definition) is 1. The van der Waals surface area contributed by atoms with Crippen LogP contribution in [0.1, 0.15) is 20.8 Å². The second kappa shape index (κ2) is 3.94. The molecule has 0 fully saturated rings. The first-order valence-electron chi connectivity index (χ1n) is 4.39. The molecule has 0 bridgehead atoms. The summed E-state index contributed by atoms with van der Waals surface area (Å²) in [6, 6.07) is 3.10. The van der Waals surface area contributed by atoms with Gasteiger partial charge >= 0.3 is 5.97 Å². The minimum atomic E-state index is -0.533. The quantitative estimate of drug-likeness (QED) is 0.640. The Morgan fingerprint density at radius 1 is 1.56 bits per heavy atom. The topological polar surface area (TPSA) is 72.1 Å². The number of carbonyl (C=O) groups excluding carboxylic acids is 2. The standard InChI is InChI=1S/C10H7ClN2O3/c1-16-10(15)6-3-2-5-7(4-14)12-13-9(5)8(6)11/h2-4H,1H3,(H,12,13). The fourth-order valence-corrected chi connectivity index (χ4v) is 1.72. The summed E-state index contributed by atoms with van der Waals surface area (Å²) in [6.07, 6.45) is 0.618. The normalized spacial score (nSPS) is 10.4. The molecule has 2 rings (SSSR count). The van der Waals surface area contributed by atoms with Crippen molar-refractivity contribution in [3.05, 3.63) is 28.4 Å². The van der Waals surface area contributed by atoms with Gasteiger partial charge < -0.3 is 4.74 Å². The minimum Gasteiger partial charge on any atom is -0.465 e. The molecule has 1 N–H and O–H groups in total. The van der Waals surface area contributed by atoms with Crippen LogP contribution in [-0.4, -0.2) is 29.6 Å². The Labute approximate surface area is 95.3 Å². The highest BCUT2D eigenvalue weighted by Gasteiger charge is 2.16. The molecule has 1 heterocycles. The van der Waals surface area contributed by atoms with E-state index in [0.29, 0.717) is 17.2 Å². The van der Waals surface area contributed by atoms with E-state index in [-0.39, 0.29) is 16.3 Å². The maximum Gasteiger partial charge on any atom is 0.339 e. The van der Waals surface area contributed by atoms with Crippen LogP contribution >= 0.6 is 11.6 Å². The molecule has 0 unspecified atom stereocenters. The first-order valence-corrected chi connectivity index (χ1v) is 4.77. The Hall–Kier alpha value is -1.88. The molecule has 82 valence electrons. The van der Waals surface area contributed by atoms with Crippen molar-refractivity contribution in [2.45, 2.75) is 0 Å². The van der Waals surface area contributed by atoms with E-state index in [0.717, 1.165) is 0 Å². The Balaban J connectivity index is 2.71. The van der Waals surface area contributed by atoms with Gasteiger partial charge in [-0.25, -0.2) is 4.79 Å². The number of rotatable bonds is 2. The van der Waals surface area contributed by atoms with Gasteiger partial charge in [-0.05, 0) is 12.1 Å². The van der Waals surface area contributed by atoms with Gasteiger partial charge in [0.05, 0.1) is 23.2 Å². The summed E-state index contributed by atoms with van der Waals surface area (Å²) in [6.45, 7) is 0. The number of nitrogens with zero attached hydrogens (tertiary/aromatic N) is 1. The van der Waals surface area contributed by atoms with E-state index in [9.17, 15) is 9.59 Å². The summed E-state index contributed by atoms with van der Waals surface area (Å²) in [5.41, 5.74) is 0.942. The molecule has 1 aromatic carbocycles. The zero-order chi connectivity index (χ0) is 11.7. The molecule has 5 nitrogen and oxygen atoms in total. The van der Waals surface area contributed by atoms with E-state index in [1.807, 2.05) is 0 Å². The van der Waals surface area contributed by atoms with Gasteiger partial charge in [0, 0.05) is 5.39 Å². The number of aldehydes is 1. The van der Waals surface area contributed by atoms with Gasteiger partial charge in [-0.1, -0.05) is 11.6 Å². The lowest BCUT2D eigenvalue weighted by atomic mass is 10.1. The molecular formula is C10H7ClN2O3. The van der Waals surface area contributed by atoms with Gasteiger partial charge in [0.25, 0.3) is 0 Å². The zero-order valence-corrected chi connectivity index (χ0v) is 9.04. The number of esters is 1. The largest absolute Gasteiger partial charge is 0.465 e. The van der Waals surface area contributed by atoms with Crippen molar-refractivity contribution in [2.24, 2.45) is 0 Å². The monoisotopic (exact) mass is 238 g/mol. The van der Waals surface area contributed by atoms with Crippen LogP contribution in [0.4, 0.5) is 0 Å². The molecule has 0 spiro atoms. The van der Waals surface area contributed by atoms with Gasteiger partial charge in [0.1, 0.15) is 5.69 Å². The maximum absolute atomic E-state index is 11.3. The van der Waals surface area contributed by atoms with E-state index >= 15 is 0 Å². The van der Waals surface area contributed by atoms with Gasteiger partial charge in [-0.2, -0.15) is 5.10 Å². The van der Waals surface area contributed by atoms with E-state index in [2.05, 4.69) is 14.9 Å². The third kappa shape index (κ3) is 1.45. The van der Waals surface area contributed by atoms with Crippen molar-refractivity contribution in [3.63, 3.8) is 0 Å². The van der Waals surface area contributed by atoms with Crippen molar-refractivity contribution < 1.29 is 14.3 Å². The van der Waals surface area contributed by atoms with E-state index < -0.39 is 5.97 Å². The molecule has 0 amide bonds. The van der Waals surface area contributed by atoms with Crippen molar-refractivity contribution in [2.75, 3.05) is 7.11 Å². The molecule has 0 saturated carbocycles. The number of H-pyrrole nitrogens is 1. The number of carbonyl (C=O) groups is 2. The highest BCUT2D eigenvalue weighted by Crippen LogP contribution is 2.27. The first-order chi connectivity index (χ1) is 7.69. The van der Waals surface area contributed by atoms with Crippen LogP contribution in [0.25, 0.3) is 10.9 Å². The van der Waals surface area contributed by atoms with Crippen molar-refractivity contribution >= 4 is 34.8 Å². The van der Waals surface area contributed by atoms with Crippen molar-refractivity contribution in [1.82, 2.24) is 10.2 Å². The highest BCUT2D eigenvalue weighted by atomic mass is 35.5. The lowest BCUT2D eigenvalue weighted by molar-refractivity contribution is 0.0601.